The highest BCUT2D eigenvalue weighted by atomic mass is 16.5. The van der Waals surface area contributed by atoms with Crippen LogP contribution in [0.25, 0.3) is 0 Å². The van der Waals surface area contributed by atoms with Crippen molar-refractivity contribution in [2.24, 2.45) is 5.92 Å². The van der Waals surface area contributed by atoms with Crippen molar-refractivity contribution in [3.63, 3.8) is 0 Å². The second kappa shape index (κ2) is 5.54. The Morgan fingerprint density at radius 1 is 1.33 bits per heavy atom. The molecule has 1 rings (SSSR count). The maximum atomic E-state index is 11.4. The zero-order valence-electron chi connectivity index (χ0n) is 9.62. The molecule has 1 aromatic rings. The minimum Gasteiger partial charge on any atom is -0.466 e. The van der Waals surface area contributed by atoms with Crippen LogP contribution in [0.5, 0.6) is 0 Å². The quantitative estimate of drug-likeness (QED) is 0.708. The second-order valence-electron chi connectivity index (χ2n) is 3.84. The third kappa shape index (κ3) is 3.74. The predicted molar refractivity (Wildman–Crippen MR) is 60.7 cm³/mol. The standard InChI is InChI=1S/C13H18O2/c1-4-15-13(14)11(3)9-12-7-5-10(2)6-8-12/h5-8,11H,4,9H2,1-3H3/t11-/m0/s1. The number of hydrogen-bond donors (Lipinski definition) is 0. The van der Waals surface area contributed by atoms with Crippen LogP contribution in [0.4, 0.5) is 0 Å². The van der Waals surface area contributed by atoms with Gasteiger partial charge in [0, 0.05) is 0 Å². The van der Waals surface area contributed by atoms with Gasteiger partial charge in [-0.25, -0.2) is 0 Å². The molecule has 0 bridgehead atoms. The summed E-state index contributed by atoms with van der Waals surface area (Å²) in [5.41, 5.74) is 2.42. The summed E-state index contributed by atoms with van der Waals surface area (Å²) in [4.78, 5) is 11.4. The van der Waals surface area contributed by atoms with Crippen LogP contribution < -0.4 is 0 Å². The molecule has 0 heterocycles. The van der Waals surface area contributed by atoms with Gasteiger partial charge < -0.3 is 4.74 Å². The molecule has 2 heteroatoms. The Labute approximate surface area is 91.3 Å². The van der Waals surface area contributed by atoms with Crippen LogP contribution in [0.3, 0.4) is 0 Å². The first-order valence-corrected chi connectivity index (χ1v) is 5.35. The monoisotopic (exact) mass is 206 g/mol. The van der Waals surface area contributed by atoms with E-state index in [1.54, 1.807) is 0 Å². The number of aryl methyl sites for hydroxylation is 1. The molecule has 0 spiro atoms. The van der Waals surface area contributed by atoms with Crippen LogP contribution in [0.2, 0.25) is 0 Å². The van der Waals surface area contributed by atoms with Gasteiger partial charge in [0.15, 0.2) is 0 Å². The minimum absolute atomic E-state index is 0.0624. The highest BCUT2D eigenvalue weighted by molar-refractivity contribution is 5.72. The van der Waals surface area contributed by atoms with E-state index < -0.39 is 0 Å². The van der Waals surface area contributed by atoms with Crippen molar-refractivity contribution in [3.8, 4) is 0 Å². The van der Waals surface area contributed by atoms with Crippen molar-refractivity contribution in [3.05, 3.63) is 35.4 Å². The molecular weight excluding hydrogens is 188 g/mol. The van der Waals surface area contributed by atoms with Crippen molar-refractivity contribution in [2.75, 3.05) is 6.61 Å². The summed E-state index contributed by atoms with van der Waals surface area (Å²) in [5, 5.41) is 0. The van der Waals surface area contributed by atoms with Gasteiger partial charge in [-0.1, -0.05) is 36.8 Å². The van der Waals surface area contributed by atoms with Gasteiger partial charge in [0.2, 0.25) is 0 Å². The SMILES string of the molecule is CCOC(=O)[C@@H](C)Cc1ccc(C)cc1. The molecule has 0 aliphatic rings. The summed E-state index contributed by atoms with van der Waals surface area (Å²) < 4.78 is 4.96. The number of carbonyl (C=O) groups is 1. The van der Waals surface area contributed by atoms with E-state index in [0.717, 1.165) is 6.42 Å². The number of esters is 1. The van der Waals surface area contributed by atoms with Crippen LogP contribution in [0.15, 0.2) is 24.3 Å². The van der Waals surface area contributed by atoms with E-state index in [1.807, 2.05) is 13.8 Å². The molecule has 82 valence electrons. The molecule has 15 heavy (non-hydrogen) atoms. The van der Waals surface area contributed by atoms with E-state index in [0.29, 0.717) is 6.61 Å². The molecule has 0 N–H and O–H groups in total. The molecule has 1 aromatic carbocycles. The van der Waals surface area contributed by atoms with Gasteiger partial charge in [-0.15, -0.1) is 0 Å². The highest BCUT2D eigenvalue weighted by Crippen LogP contribution is 2.11. The summed E-state index contributed by atoms with van der Waals surface area (Å²) in [5.74, 6) is -0.175. The van der Waals surface area contributed by atoms with Gasteiger partial charge in [0.05, 0.1) is 12.5 Å². The summed E-state index contributed by atoms with van der Waals surface area (Å²) >= 11 is 0. The van der Waals surface area contributed by atoms with Gasteiger partial charge in [-0.2, -0.15) is 0 Å². The maximum absolute atomic E-state index is 11.4. The Hall–Kier alpha value is -1.31. The topological polar surface area (TPSA) is 26.3 Å². The molecule has 0 unspecified atom stereocenters. The average molecular weight is 206 g/mol. The lowest BCUT2D eigenvalue weighted by molar-refractivity contribution is -0.147. The van der Waals surface area contributed by atoms with E-state index in [4.69, 9.17) is 4.74 Å². The highest BCUT2D eigenvalue weighted by Gasteiger charge is 2.13. The third-order valence-electron chi connectivity index (χ3n) is 2.35. The first-order chi connectivity index (χ1) is 7.13. The summed E-state index contributed by atoms with van der Waals surface area (Å²) in [7, 11) is 0. The van der Waals surface area contributed by atoms with E-state index in [2.05, 4.69) is 31.2 Å². The Bertz CT molecular complexity index is 314. The Balaban J connectivity index is 2.54. The molecule has 0 aliphatic carbocycles. The number of hydrogen-bond acceptors (Lipinski definition) is 2. The van der Waals surface area contributed by atoms with Crippen LogP contribution in [0.1, 0.15) is 25.0 Å². The number of carbonyl (C=O) groups excluding carboxylic acids is 1. The zero-order valence-corrected chi connectivity index (χ0v) is 9.62. The Kier molecular flexibility index (Phi) is 4.35. The van der Waals surface area contributed by atoms with Crippen molar-refractivity contribution < 1.29 is 9.53 Å². The summed E-state index contributed by atoms with van der Waals surface area (Å²) in [6.45, 7) is 6.24. The normalized spacial score (nSPS) is 12.2. The van der Waals surface area contributed by atoms with Gasteiger partial charge in [-0.05, 0) is 25.8 Å². The molecule has 0 aliphatic heterocycles. The smallest absolute Gasteiger partial charge is 0.308 e. The average Bonchev–Trinajstić information content (AvgIpc) is 2.22. The molecule has 0 radical (unpaired) electrons. The molecule has 0 amide bonds. The van der Waals surface area contributed by atoms with E-state index in [9.17, 15) is 4.79 Å². The van der Waals surface area contributed by atoms with Crippen LogP contribution >= 0.6 is 0 Å². The molecule has 2 nitrogen and oxygen atoms in total. The molecule has 0 saturated carbocycles. The lowest BCUT2D eigenvalue weighted by atomic mass is 10.0. The van der Waals surface area contributed by atoms with Crippen molar-refractivity contribution in [2.45, 2.75) is 27.2 Å². The van der Waals surface area contributed by atoms with Gasteiger partial charge in [0.25, 0.3) is 0 Å². The largest absolute Gasteiger partial charge is 0.466 e. The Morgan fingerprint density at radius 2 is 1.93 bits per heavy atom. The Morgan fingerprint density at radius 3 is 2.47 bits per heavy atom. The van der Waals surface area contributed by atoms with Crippen molar-refractivity contribution >= 4 is 5.97 Å². The lowest BCUT2D eigenvalue weighted by Crippen LogP contribution is -2.16. The zero-order chi connectivity index (χ0) is 11.3. The molecular formula is C13H18O2. The predicted octanol–water partition coefficient (Wildman–Crippen LogP) is 2.74. The van der Waals surface area contributed by atoms with E-state index in [-0.39, 0.29) is 11.9 Å². The fraction of sp³-hybridized carbons (Fsp3) is 0.462. The van der Waals surface area contributed by atoms with Crippen LogP contribution in [-0.4, -0.2) is 12.6 Å². The fourth-order valence-corrected chi connectivity index (χ4v) is 1.45. The molecule has 0 saturated heterocycles. The number of ether oxygens (including phenoxy) is 1. The van der Waals surface area contributed by atoms with Gasteiger partial charge in [0.1, 0.15) is 0 Å². The van der Waals surface area contributed by atoms with Gasteiger partial charge >= 0.3 is 5.97 Å². The van der Waals surface area contributed by atoms with Crippen molar-refractivity contribution in [1.29, 1.82) is 0 Å². The molecule has 0 aromatic heterocycles. The van der Waals surface area contributed by atoms with Crippen LogP contribution in [-0.2, 0) is 16.0 Å². The first kappa shape index (κ1) is 11.8. The first-order valence-electron chi connectivity index (χ1n) is 5.35. The summed E-state index contributed by atoms with van der Waals surface area (Å²) in [6, 6.07) is 8.25. The van der Waals surface area contributed by atoms with Crippen molar-refractivity contribution in [1.82, 2.24) is 0 Å². The van der Waals surface area contributed by atoms with E-state index in [1.165, 1.54) is 11.1 Å². The maximum Gasteiger partial charge on any atom is 0.308 e. The molecule has 0 fully saturated rings. The number of rotatable bonds is 4. The third-order valence-corrected chi connectivity index (χ3v) is 2.35. The van der Waals surface area contributed by atoms with Gasteiger partial charge in [-0.3, -0.25) is 4.79 Å². The van der Waals surface area contributed by atoms with E-state index >= 15 is 0 Å². The minimum atomic E-state index is -0.113. The second-order valence-corrected chi connectivity index (χ2v) is 3.84. The summed E-state index contributed by atoms with van der Waals surface area (Å²) in [6.07, 6.45) is 0.749. The molecule has 1 atom stereocenters. The fourth-order valence-electron chi connectivity index (χ4n) is 1.45. The lowest BCUT2D eigenvalue weighted by Gasteiger charge is -2.10. The van der Waals surface area contributed by atoms with Crippen LogP contribution in [0, 0.1) is 12.8 Å². The number of benzene rings is 1.